The second-order valence-corrected chi connectivity index (χ2v) is 7.98. The van der Waals surface area contributed by atoms with Crippen molar-refractivity contribution in [2.75, 3.05) is 24.7 Å². The van der Waals surface area contributed by atoms with Gasteiger partial charge in [-0.3, -0.25) is 4.79 Å². The fraction of sp³-hybridized carbons (Fsp3) is 0.438. The smallest absolute Gasteiger partial charge is 0.251 e. The Balaban J connectivity index is 1.89. The van der Waals surface area contributed by atoms with Crippen molar-refractivity contribution < 1.29 is 17.9 Å². The first-order valence-electron chi connectivity index (χ1n) is 7.21. The zero-order valence-corrected chi connectivity index (χ0v) is 13.5. The summed E-state index contributed by atoms with van der Waals surface area (Å²) in [6.07, 6.45) is 0.615. The van der Waals surface area contributed by atoms with Gasteiger partial charge in [0.25, 0.3) is 5.91 Å². The molecule has 1 fully saturated rings. The number of carbonyl (C=O) groups is 1. The van der Waals surface area contributed by atoms with Gasteiger partial charge in [0, 0.05) is 12.1 Å². The molecule has 1 unspecified atom stereocenters. The average molecular weight is 323 g/mol. The van der Waals surface area contributed by atoms with Crippen LogP contribution in [0, 0.1) is 5.92 Å². The quantitative estimate of drug-likeness (QED) is 0.810. The van der Waals surface area contributed by atoms with Crippen LogP contribution in [0.4, 0.5) is 0 Å². The summed E-state index contributed by atoms with van der Waals surface area (Å²) >= 11 is 0. The largest absolute Gasteiger partial charge is 0.489 e. The van der Waals surface area contributed by atoms with Crippen LogP contribution in [0.5, 0.6) is 5.75 Å². The predicted octanol–water partition coefficient (Wildman–Crippen LogP) is 1.81. The van der Waals surface area contributed by atoms with E-state index >= 15 is 0 Å². The molecule has 1 aromatic carbocycles. The van der Waals surface area contributed by atoms with Gasteiger partial charge in [0.2, 0.25) is 0 Å². The zero-order chi connectivity index (χ0) is 16.2. The number of nitrogens with one attached hydrogen (secondary N) is 1. The Hall–Kier alpha value is -1.82. The minimum Gasteiger partial charge on any atom is -0.489 e. The summed E-state index contributed by atoms with van der Waals surface area (Å²) in [4.78, 5) is 12.1. The summed E-state index contributed by atoms with van der Waals surface area (Å²) in [7, 11) is -2.91. The van der Waals surface area contributed by atoms with Gasteiger partial charge in [-0.05, 0) is 43.0 Å². The third-order valence-electron chi connectivity index (χ3n) is 3.46. The Morgan fingerprint density at radius 2 is 2.23 bits per heavy atom. The Morgan fingerprint density at radius 1 is 1.45 bits per heavy atom. The molecule has 1 saturated heterocycles. The lowest BCUT2D eigenvalue weighted by Crippen LogP contribution is -2.29. The monoisotopic (exact) mass is 323 g/mol. The highest BCUT2D eigenvalue weighted by molar-refractivity contribution is 7.91. The van der Waals surface area contributed by atoms with E-state index in [1.165, 1.54) is 0 Å². The SMILES string of the molecule is C=C(C)COc1cccc(C(=O)NCC2CCS(=O)(=O)C2)c1. The fourth-order valence-electron chi connectivity index (χ4n) is 2.31. The first kappa shape index (κ1) is 16.5. The van der Waals surface area contributed by atoms with Gasteiger partial charge in [-0.1, -0.05) is 12.6 Å². The summed E-state index contributed by atoms with van der Waals surface area (Å²) in [6, 6.07) is 6.91. The normalized spacial score (nSPS) is 19.6. The fourth-order valence-corrected chi connectivity index (χ4v) is 4.17. The van der Waals surface area contributed by atoms with E-state index in [9.17, 15) is 13.2 Å². The number of carbonyl (C=O) groups excluding carboxylic acids is 1. The highest BCUT2D eigenvalue weighted by Crippen LogP contribution is 2.18. The molecule has 2 rings (SSSR count). The molecular weight excluding hydrogens is 302 g/mol. The van der Waals surface area contributed by atoms with Crippen LogP contribution in [0.2, 0.25) is 0 Å². The molecule has 0 saturated carbocycles. The third kappa shape index (κ3) is 4.87. The summed E-state index contributed by atoms with van der Waals surface area (Å²) in [5, 5.41) is 2.79. The van der Waals surface area contributed by atoms with E-state index < -0.39 is 9.84 Å². The molecule has 1 atom stereocenters. The van der Waals surface area contributed by atoms with Crippen molar-refractivity contribution in [1.29, 1.82) is 0 Å². The van der Waals surface area contributed by atoms with E-state index in [0.29, 0.717) is 30.9 Å². The van der Waals surface area contributed by atoms with Crippen molar-refractivity contribution in [3.05, 3.63) is 42.0 Å². The molecule has 1 aromatic rings. The molecule has 6 heteroatoms. The first-order chi connectivity index (χ1) is 10.4. The molecule has 0 aromatic heterocycles. The molecule has 1 N–H and O–H groups in total. The number of ether oxygens (including phenoxy) is 1. The first-order valence-corrected chi connectivity index (χ1v) is 9.04. The third-order valence-corrected chi connectivity index (χ3v) is 5.30. The number of hydrogen-bond donors (Lipinski definition) is 1. The standard InChI is InChI=1S/C16H21NO4S/c1-12(2)10-21-15-5-3-4-14(8-15)16(18)17-9-13-6-7-22(19,20)11-13/h3-5,8,13H,1,6-7,9-11H2,2H3,(H,17,18). The Morgan fingerprint density at radius 3 is 2.86 bits per heavy atom. The number of hydrogen-bond acceptors (Lipinski definition) is 4. The lowest BCUT2D eigenvalue weighted by atomic mass is 10.1. The van der Waals surface area contributed by atoms with E-state index in [0.717, 1.165) is 5.57 Å². The average Bonchev–Trinajstić information content (AvgIpc) is 2.82. The van der Waals surface area contributed by atoms with Gasteiger partial charge in [0.1, 0.15) is 12.4 Å². The topological polar surface area (TPSA) is 72.5 Å². The molecule has 0 bridgehead atoms. The maximum Gasteiger partial charge on any atom is 0.251 e. The van der Waals surface area contributed by atoms with Gasteiger partial charge in [-0.2, -0.15) is 0 Å². The molecule has 1 aliphatic rings. The number of sulfone groups is 1. The number of benzene rings is 1. The highest BCUT2D eigenvalue weighted by atomic mass is 32.2. The predicted molar refractivity (Wildman–Crippen MR) is 85.8 cm³/mol. The van der Waals surface area contributed by atoms with Gasteiger partial charge < -0.3 is 10.1 Å². The molecule has 1 aliphatic heterocycles. The molecule has 0 radical (unpaired) electrons. The molecule has 0 spiro atoms. The Bertz CT molecular complexity index is 666. The van der Waals surface area contributed by atoms with Crippen molar-refractivity contribution in [3.63, 3.8) is 0 Å². The molecule has 5 nitrogen and oxygen atoms in total. The van der Waals surface area contributed by atoms with Crippen LogP contribution in [0.1, 0.15) is 23.7 Å². The van der Waals surface area contributed by atoms with E-state index in [-0.39, 0.29) is 23.3 Å². The van der Waals surface area contributed by atoms with E-state index in [4.69, 9.17) is 4.74 Å². The Kier molecular flexibility index (Phi) is 5.24. The summed E-state index contributed by atoms with van der Waals surface area (Å²) in [5.74, 6) is 0.785. The van der Waals surface area contributed by atoms with Gasteiger partial charge in [-0.25, -0.2) is 8.42 Å². The van der Waals surface area contributed by atoms with Gasteiger partial charge in [-0.15, -0.1) is 0 Å². The number of rotatable bonds is 6. The van der Waals surface area contributed by atoms with E-state index in [2.05, 4.69) is 11.9 Å². The van der Waals surface area contributed by atoms with Crippen LogP contribution >= 0.6 is 0 Å². The second-order valence-electron chi connectivity index (χ2n) is 5.75. The van der Waals surface area contributed by atoms with E-state index in [1.807, 2.05) is 6.92 Å². The van der Waals surface area contributed by atoms with Crippen molar-refractivity contribution in [2.45, 2.75) is 13.3 Å². The lowest BCUT2D eigenvalue weighted by molar-refractivity contribution is 0.0948. The minimum atomic E-state index is -2.91. The van der Waals surface area contributed by atoms with Crippen LogP contribution in [0.15, 0.2) is 36.4 Å². The van der Waals surface area contributed by atoms with Crippen molar-refractivity contribution in [2.24, 2.45) is 5.92 Å². The maximum atomic E-state index is 12.1. The maximum absolute atomic E-state index is 12.1. The summed E-state index contributed by atoms with van der Waals surface area (Å²) in [5.41, 5.74) is 1.40. The van der Waals surface area contributed by atoms with Crippen molar-refractivity contribution in [3.8, 4) is 5.75 Å². The zero-order valence-electron chi connectivity index (χ0n) is 12.7. The minimum absolute atomic E-state index is 0.0109. The van der Waals surface area contributed by atoms with Gasteiger partial charge in [0.15, 0.2) is 9.84 Å². The molecule has 0 aliphatic carbocycles. The van der Waals surface area contributed by atoms with Gasteiger partial charge in [0.05, 0.1) is 11.5 Å². The van der Waals surface area contributed by atoms with Crippen molar-refractivity contribution in [1.82, 2.24) is 5.32 Å². The molecule has 120 valence electrons. The van der Waals surface area contributed by atoms with Crippen LogP contribution in [0.25, 0.3) is 0 Å². The van der Waals surface area contributed by atoms with Crippen molar-refractivity contribution >= 4 is 15.7 Å². The molecular formula is C16H21NO4S. The van der Waals surface area contributed by atoms with Crippen LogP contribution < -0.4 is 10.1 Å². The number of amides is 1. The molecule has 22 heavy (non-hydrogen) atoms. The highest BCUT2D eigenvalue weighted by Gasteiger charge is 2.27. The second kappa shape index (κ2) is 6.96. The van der Waals surface area contributed by atoms with E-state index in [1.54, 1.807) is 24.3 Å². The lowest BCUT2D eigenvalue weighted by Gasteiger charge is -2.11. The summed E-state index contributed by atoms with van der Waals surface area (Å²) < 4.78 is 28.3. The van der Waals surface area contributed by atoms with Crippen LogP contribution in [0.3, 0.4) is 0 Å². The molecule has 1 heterocycles. The summed E-state index contributed by atoms with van der Waals surface area (Å²) in [6.45, 7) is 6.42. The van der Waals surface area contributed by atoms with Crippen LogP contribution in [-0.2, 0) is 9.84 Å². The van der Waals surface area contributed by atoms with Gasteiger partial charge >= 0.3 is 0 Å². The van der Waals surface area contributed by atoms with Crippen LogP contribution in [-0.4, -0.2) is 39.0 Å². The molecule has 1 amide bonds. The Labute approximate surface area is 131 Å².